The van der Waals surface area contributed by atoms with E-state index in [0.29, 0.717) is 0 Å². The summed E-state index contributed by atoms with van der Waals surface area (Å²) in [6.45, 7) is 0. The monoisotopic (exact) mass is 200 g/mol. The Morgan fingerprint density at radius 2 is 2.31 bits per heavy atom. The van der Waals surface area contributed by atoms with E-state index in [9.17, 15) is 4.79 Å². The van der Waals surface area contributed by atoms with Crippen molar-refractivity contribution in [3.05, 3.63) is 28.2 Å². The fraction of sp³-hybridized carbons (Fsp3) is 0. The van der Waals surface area contributed by atoms with E-state index in [1.165, 1.54) is 12.3 Å². The third kappa shape index (κ3) is 1.62. The molecule has 0 spiro atoms. The van der Waals surface area contributed by atoms with Gasteiger partial charge >= 0.3 is 0 Å². The average molecular weight is 200 g/mol. The number of aromatic nitrogens is 1. The molecule has 0 aromatic carbocycles. The lowest BCUT2D eigenvalue weighted by Gasteiger charge is -2.09. The summed E-state index contributed by atoms with van der Waals surface area (Å²) in [7, 11) is 1.91. The standard InChI is InChI=1S/C6H9N4O2P/c7-6(8)4-5(12-13)3(11)1-2-10(4)9/h1-2H,9,13H2,(H3,7,8). The maximum Gasteiger partial charge on any atom is 0.224 e. The Balaban J connectivity index is 3.53. The van der Waals surface area contributed by atoms with Crippen molar-refractivity contribution >= 4 is 15.3 Å². The number of nitrogens with zero attached hydrogens (tertiary/aromatic N) is 1. The average Bonchev–Trinajstić information content (AvgIpc) is 2.07. The van der Waals surface area contributed by atoms with Gasteiger partial charge in [0.25, 0.3) is 0 Å². The first kappa shape index (κ1) is 9.54. The molecule has 0 bridgehead atoms. The highest BCUT2D eigenvalue weighted by Crippen LogP contribution is 2.12. The maximum absolute atomic E-state index is 11.2. The van der Waals surface area contributed by atoms with E-state index in [2.05, 4.69) is 0 Å². The molecule has 1 rings (SSSR count). The maximum atomic E-state index is 11.2. The molecule has 0 aliphatic heterocycles. The van der Waals surface area contributed by atoms with Crippen LogP contribution in [0, 0.1) is 5.41 Å². The normalized spacial score (nSPS) is 9.62. The summed E-state index contributed by atoms with van der Waals surface area (Å²) >= 11 is 0. The molecule has 0 aliphatic rings. The Bertz CT molecular complexity index is 400. The second-order valence-electron chi connectivity index (χ2n) is 2.30. The number of hydrogen-bond donors (Lipinski definition) is 3. The smallest absolute Gasteiger partial charge is 0.224 e. The SMILES string of the molecule is N=C(N)c1c(OP)c(=O)ccn1N. The first-order valence-corrected chi connectivity index (χ1v) is 3.77. The number of nitrogen functional groups attached to an aromatic ring is 2. The summed E-state index contributed by atoms with van der Waals surface area (Å²) in [5.74, 6) is 5.06. The van der Waals surface area contributed by atoms with E-state index in [0.717, 1.165) is 4.68 Å². The molecule has 0 amide bonds. The Morgan fingerprint density at radius 3 is 2.69 bits per heavy atom. The summed E-state index contributed by atoms with van der Waals surface area (Å²) in [6.07, 6.45) is 1.31. The minimum Gasteiger partial charge on any atom is -0.474 e. The summed E-state index contributed by atoms with van der Waals surface area (Å²) in [5.41, 5.74) is 4.90. The zero-order chi connectivity index (χ0) is 10.0. The van der Waals surface area contributed by atoms with Gasteiger partial charge in [0.05, 0.1) is 9.47 Å². The van der Waals surface area contributed by atoms with Gasteiger partial charge in [-0.3, -0.25) is 14.9 Å². The predicted molar refractivity (Wildman–Crippen MR) is 52.2 cm³/mol. The van der Waals surface area contributed by atoms with Crippen LogP contribution in [0.25, 0.3) is 0 Å². The van der Waals surface area contributed by atoms with E-state index in [4.69, 9.17) is 21.5 Å². The molecule has 1 unspecified atom stereocenters. The van der Waals surface area contributed by atoms with Crippen LogP contribution < -0.4 is 21.5 Å². The molecule has 6 nitrogen and oxygen atoms in total. The van der Waals surface area contributed by atoms with Crippen LogP contribution in [-0.2, 0) is 0 Å². The Labute approximate surface area is 76.3 Å². The van der Waals surface area contributed by atoms with Crippen LogP contribution in [0.2, 0.25) is 0 Å². The number of amidine groups is 1. The number of nitrogens with one attached hydrogen (secondary N) is 1. The van der Waals surface area contributed by atoms with Gasteiger partial charge in [0.15, 0.2) is 5.75 Å². The van der Waals surface area contributed by atoms with Crippen molar-refractivity contribution in [1.82, 2.24) is 4.68 Å². The molecule has 0 aliphatic carbocycles. The van der Waals surface area contributed by atoms with E-state index in [1.54, 1.807) is 0 Å². The van der Waals surface area contributed by atoms with Gasteiger partial charge in [-0.2, -0.15) is 0 Å². The number of rotatable bonds is 2. The number of pyridine rings is 1. The van der Waals surface area contributed by atoms with Crippen LogP contribution in [-0.4, -0.2) is 10.5 Å². The number of nitrogens with two attached hydrogens (primary N) is 2. The van der Waals surface area contributed by atoms with Crippen molar-refractivity contribution in [2.45, 2.75) is 0 Å². The molecular formula is C6H9N4O2P. The van der Waals surface area contributed by atoms with Gasteiger partial charge in [0.1, 0.15) is 11.5 Å². The van der Waals surface area contributed by atoms with Gasteiger partial charge in [0, 0.05) is 12.3 Å². The zero-order valence-corrected chi connectivity index (χ0v) is 7.81. The van der Waals surface area contributed by atoms with Crippen molar-refractivity contribution in [2.75, 3.05) is 5.84 Å². The highest BCUT2D eigenvalue weighted by molar-refractivity contribution is 7.10. The first-order chi connectivity index (χ1) is 6.07. The predicted octanol–water partition coefficient (Wildman–Crippen LogP) is -0.985. The van der Waals surface area contributed by atoms with Crippen molar-refractivity contribution < 1.29 is 4.52 Å². The van der Waals surface area contributed by atoms with E-state index < -0.39 is 0 Å². The Kier molecular flexibility index (Phi) is 2.53. The van der Waals surface area contributed by atoms with Crippen LogP contribution in [0.3, 0.4) is 0 Å². The largest absolute Gasteiger partial charge is 0.474 e. The van der Waals surface area contributed by atoms with Crippen molar-refractivity contribution in [3.63, 3.8) is 0 Å². The summed E-state index contributed by atoms with van der Waals surface area (Å²) < 4.78 is 5.76. The summed E-state index contributed by atoms with van der Waals surface area (Å²) in [4.78, 5) is 11.2. The molecule has 13 heavy (non-hydrogen) atoms. The zero-order valence-electron chi connectivity index (χ0n) is 6.65. The minimum absolute atomic E-state index is 0.0532. The minimum atomic E-state index is -0.373. The molecule has 0 saturated heterocycles. The van der Waals surface area contributed by atoms with Gasteiger partial charge < -0.3 is 16.1 Å². The molecule has 70 valence electrons. The molecule has 7 heteroatoms. The molecule has 1 atom stereocenters. The van der Waals surface area contributed by atoms with E-state index >= 15 is 0 Å². The van der Waals surface area contributed by atoms with Gasteiger partial charge in [-0.15, -0.1) is 0 Å². The van der Waals surface area contributed by atoms with Crippen molar-refractivity contribution in [2.24, 2.45) is 5.73 Å². The molecule has 5 N–H and O–H groups in total. The third-order valence-electron chi connectivity index (χ3n) is 1.46. The molecule has 1 aromatic heterocycles. The Morgan fingerprint density at radius 1 is 1.69 bits per heavy atom. The molecular weight excluding hydrogens is 191 g/mol. The van der Waals surface area contributed by atoms with Crippen LogP contribution in [0.5, 0.6) is 5.75 Å². The van der Waals surface area contributed by atoms with Gasteiger partial charge in [-0.25, -0.2) is 0 Å². The van der Waals surface area contributed by atoms with Crippen molar-refractivity contribution in [1.29, 1.82) is 5.41 Å². The summed E-state index contributed by atoms with van der Waals surface area (Å²) in [6, 6.07) is 1.23. The second-order valence-corrected chi connectivity index (χ2v) is 2.53. The van der Waals surface area contributed by atoms with Gasteiger partial charge in [0.2, 0.25) is 5.43 Å². The fourth-order valence-corrected chi connectivity index (χ4v) is 1.14. The summed E-state index contributed by atoms with van der Waals surface area (Å²) in [5, 5.41) is 7.17. The molecule has 1 aromatic rings. The lowest BCUT2D eigenvalue weighted by atomic mass is 10.3. The van der Waals surface area contributed by atoms with Crippen LogP contribution >= 0.6 is 9.47 Å². The fourth-order valence-electron chi connectivity index (χ4n) is 0.907. The second kappa shape index (κ2) is 3.45. The first-order valence-electron chi connectivity index (χ1n) is 3.29. The number of hydrogen-bond acceptors (Lipinski definition) is 4. The molecule has 0 radical (unpaired) electrons. The van der Waals surface area contributed by atoms with Gasteiger partial charge in [-0.1, -0.05) is 0 Å². The quantitative estimate of drug-likeness (QED) is 0.246. The highest BCUT2D eigenvalue weighted by atomic mass is 31.0. The lowest BCUT2D eigenvalue weighted by molar-refractivity contribution is 0.624. The molecule has 1 heterocycles. The third-order valence-corrected chi connectivity index (χ3v) is 1.69. The van der Waals surface area contributed by atoms with Crippen LogP contribution in [0.15, 0.2) is 17.1 Å². The Hall–Kier alpha value is -1.55. The van der Waals surface area contributed by atoms with Crippen molar-refractivity contribution in [3.8, 4) is 5.75 Å². The van der Waals surface area contributed by atoms with E-state index in [1.807, 2.05) is 9.47 Å². The van der Waals surface area contributed by atoms with E-state index in [-0.39, 0.29) is 22.7 Å². The lowest BCUT2D eigenvalue weighted by Crippen LogP contribution is -2.27. The molecule has 0 saturated carbocycles. The molecule has 0 fully saturated rings. The topological polar surface area (TPSA) is 107 Å². The van der Waals surface area contributed by atoms with Crippen LogP contribution in [0.4, 0.5) is 0 Å². The van der Waals surface area contributed by atoms with Gasteiger partial charge in [-0.05, 0) is 0 Å². The highest BCUT2D eigenvalue weighted by Gasteiger charge is 2.12. The van der Waals surface area contributed by atoms with Crippen LogP contribution in [0.1, 0.15) is 5.69 Å².